The second-order valence-electron chi connectivity index (χ2n) is 2.92. The number of carbonyl (C=O) groups excluding carboxylic acids is 1. The van der Waals surface area contributed by atoms with Gasteiger partial charge in [0.05, 0.1) is 0 Å². The minimum atomic E-state index is -1.94. The van der Waals surface area contributed by atoms with E-state index >= 15 is 0 Å². The van der Waals surface area contributed by atoms with Crippen LogP contribution in [0.15, 0.2) is 18.3 Å². The quantitative estimate of drug-likeness (QED) is 0.697. The van der Waals surface area contributed by atoms with Crippen molar-refractivity contribution in [3.05, 3.63) is 23.9 Å². The van der Waals surface area contributed by atoms with Crippen LogP contribution in [0.3, 0.4) is 0 Å². The van der Waals surface area contributed by atoms with Gasteiger partial charge in [0.2, 0.25) is 5.91 Å². The summed E-state index contributed by atoms with van der Waals surface area (Å²) in [6.07, 6.45) is 1.42. The maximum atomic E-state index is 10.9. The highest BCUT2D eigenvalue weighted by molar-refractivity contribution is 7.79. The van der Waals surface area contributed by atoms with Gasteiger partial charge in [-0.2, -0.15) is 0 Å². The van der Waals surface area contributed by atoms with E-state index in [0.29, 0.717) is 11.4 Å². The van der Waals surface area contributed by atoms with Crippen molar-refractivity contribution in [2.75, 3.05) is 17.8 Å². The molecule has 0 spiro atoms. The van der Waals surface area contributed by atoms with Gasteiger partial charge in [0, 0.05) is 18.8 Å². The zero-order valence-corrected chi connectivity index (χ0v) is 8.90. The molecular weight excluding hydrogens is 218 g/mol. The lowest BCUT2D eigenvalue weighted by atomic mass is 10.2. The van der Waals surface area contributed by atoms with E-state index in [1.165, 1.54) is 23.2 Å². The molecule has 0 saturated carbocycles. The third-order valence-corrected chi connectivity index (χ3v) is 2.33. The van der Waals surface area contributed by atoms with Crippen LogP contribution in [0.25, 0.3) is 0 Å². The normalized spacial score (nSPS) is 12.1. The predicted molar refractivity (Wildman–Crippen MR) is 56.8 cm³/mol. The molecule has 0 fully saturated rings. The van der Waals surface area contributed by atoms with Crippen LogP contribution < -0.4 is 10.6 Å². The molecule has 1 atom stereocenters. The number of nitrogens with zero attached hydrogens (tertiary/aromatic N) is 2. The van der Waals surface area contributed by atoms with Gasteiger partial charge in [-0.3, -0.25) is 4.79 Å². The Morgan fingerprint density at radius 1 is 1.73 bits per heavy atom. The molecule has 0 radical (unpaired) electrons. The summed E-state index contributed by atoms with van der Waals surface area (Å²) in [5.74, 6) is -0.208. The number of primary amides is 1. The molecule has 6 nitrogen and oxygen atoms in total. The van der Waals surface area contributed by atoms with E-state index in [1.807, 2.05) is 0 Å². The van der Waals surface area contributed by atoms with Crippen molar-refractivity contribution in [3.8, 4) is 0 Å². The Labute approximate surface area is 89.4 Å². The monoisotopic (exact) mass is 229 g/mol. The molecule has 0 aliphatic rings. The maximum absolute atomic E-state index is 10.9. The van der Waals surface area contributed by atoms with Crippen molar-refractivity contribution in [1.82, 2.24) is 4.98 Å². The molecule has 0 saturated heterocycles. The molecule has 1 heterocycles. The highest BCUT2D eigenvalue weighted by Crippen LogP contribution is 2.10. The van der Waals surface area contributed by atoms with Gasteiger partial charge in [-0.1, -0.05) is 0 Å². The molecule has 7 heteroatoms. The fourth-order valence-electron chi connectivity index (χ4n) is 1.01. The molecule has 1 aromatic heterocycles. The van der Waals surface area contributed by atoms with Crippen molar-refractivity contribution >= 4 is 22.8 Å². The fraction of sp³-hybridized carbons (Fsp3) is 0.250. The average Bonchev–Trinajstić information content (AvgIpc) is 2.17. The van der Waals surface area contributed by atoms with Gasteiger partial charge in [-0.25, -0.2) is 9.19 Å². The summed E-state index contributed by atoms with van der Waals surface area (Å²) in [4.78, 5) is 16.3. The molecule has 1 aromatic rings. The first kappa shape index (κ1) is 11.6. The van der Waals surface area contributed by atoms with Crippen LogP contribution in [0.5, 0.6) is 0 Å². The van der Waals surface area contributed by atoms with Crippen molar-refractivity contribution < 1.29 is 13.6 Å². The Kier molecular flexibility index (Phi) is 3.75. The minimum absolute atomic E-state index is 0.0742. The van der Waals surface area contributed by atoms with Gasteiger partial charge in [0.15, 0.2) is 11.1 Å². The largest absolute Gasteiger partial charge is 0.366 e. The van der Waals surface area contributed by atoms with Crippen LogP contribution >= 0.6 is 0 Å². The number of rotatable bonds is 4. The SMILES string of the molecule is CN(CS(=O)O)c1cc(C(N)=O)ccn1. The third-order valence-electron chi connectivity index (χ3n) is 1.73. The minimum Gasteiger partial charge on any atom is -0.366 e. The van der Waals surface area contributed by atoms with Gasteiger partial charge in [0.1, 0.15) is 11.7 Å². The topological polar surface area (TPSA) is 96.5 Å². The number of aromatic nitrogens is 1. The lowest BCUT2D eigenvalue weighted by Crippen LogP contribution is -2.23. The summed E-state index contributed by atoms with van der Waals surface area (Å²) in [5.41, 5.74) is 5.40. The highest BCUT2D eigenvalue weighted by atomic mass is 32.2. The molecule has 1 unspecified atom stereocenters. The summed E-state index contributed by atoms with van der Waals surface area (Å²) < 4.78 is 19.2. The Bertz CT molecular complexity index is 396. The molecule has 3 N–H and O–H groups in total. The molecule has 15 heavy (non-hydrogen) atoms. The second-order valence-corrected chi connectivity index (χ2v) is 3.82. The first-order valence-electron chi connectivity index (χ1n) is 4.05. The van der Waals surface area contributed by atoms with Gasteiger partial charge in [-0.05, 0) is 12.1 Å². The number of anilines is 1. The molecule has 0 bridgehead atoms. The van der Waals surface area contributed by atoms with Gasteiger partial charge < -0.3 is 15.2 Å². The fourth-order valence-corrected chi connectivity index (χ4v) is 1.48. The van der Waals surface area contributed by atoms with Crippen molar-refractivity contribution in [2.24, 2.45) is 5.73 Å². The standard InChI is InChI=1S/C8H11N3O3S/c1-11(5-15(13)14)7-4-6(8(9)12)2-3-10-7/h2-4H,5H2,1H3,(H2,9,12)(H,13,14). The number of hydrogen-bond donors (Lipinski definition) is 2. The van der Waals surface area contributed by atoms with Gasteiger partial charge in [-0.15, -0.1) is 0 Å². The Morgan fingerprint density at radius 2 is 2.40 bits per heavy atom. The number of nitrogens with two attached hydrogens (primary N) is 1. The van der Waals surface area contributed by atoms with E-state index in [0.717, 1.165) is 0 Å². The van der Waals surface area contributed by atoms with Crippen molar-refractivity contribution in [2.45, 2.75) is 0 Å². The average molecular weight is 229 g/mol. The van der Waals surface area contributed by atoms with Crippen LogP contribution in [0.2, 0.25) is 0 Å². The van der Waals surface area contributed by atoms with Crippen LogP contribution in [-0.4, -0.2) is 32.6 Å². The summed E-state index contributed by atoms with van der Waals surface area (Å²) in [5, 5.41) is 0. The van der Waals surface area contributed by atoms with E-state index < -0.39 is 17.0 Å². The lowest BCUT2D eigenvalue weighted by Gasteiger charge is -2.15. The van der Waals surface area contributed by atoms with Gasteiger partial charge >= 0.3 is 0 Å². The van der Waals surface area contributed by atoms with E-state index in [4.69, 9.17) is 10.3 Å². The molecule has 0 aliphatic heterocycles. The first-order valence-corrected chi connectivity index (χ1v) is 5.32. The molecular formula is C8H11N3O3S. The van der Waals surface area contributed by atoms with E-state index in [9.17, 15) is 9.00 Å². The Morgan fingerprint density at radius 3 is 2.93 bits per heavy atom. The second kappa shape index (κ2) is 4.85. The molecule has 1 rings (SSSR count). The van der Waals surface area contributed by atoms with E-state index in [2.05, 4.69) is 4.98 Å². The molecule has 0 aliphatic carbocycles. The van der Waals surface area contributed by atoms with Crippen molar-refractivity contribution in [3.63, 3.8) is 0 Å². The summed E-state index contributed by atoms with van der Waals surface area (Å²) in [7, 11) is 1.60. The number of carbonyl (C=O) groups is 1. The molecule has 82 valence electrons. The van der Waals surface area contributed by atoms with Crippen LogP contribution in [0.4, 0.5) is 5.82 Å². The summed E-state index contributed by atoms with van der Waals surface area (Å²) in [6, 6.07) is 2.95. The van der Waals surface area contributed by atoms with Crippen LogP contribution in [0.1, 0.15) is 10.4 Å². The summed E-state index contributed by atoms with van der Waals surface area (Å²) in [6.45, 7) is 0. The zero-order valence-electron chi connectivity index (χ0n) is 8.08. The molecule has 0 aromatic carbocycles. The summed E-state index contributed by atoms with van der Waals surface area (Å²) >= 11 is -1.94. The Balaban J connectivity index is 2.89. The van der Waals surface area contributed by atoms with E-state index in [-0.39, 0.29) is 5.88 Å². The predicted octanol–water partition coefficient (Wildman–Crippen LogP) is -0.204. The zero-order chi connectivity index (χ0) is 11.4. The maximum Gasteiger partial charge on any atom is 0.248 e. The smallest absolute Gasteiger partial charge is 0.248 e. The highest BCUT2D eigenvalue weighted by Gasteiger charge is 2.07. The van der Waals surface area contributed by atoms with Crippen LogP contribution in [0, 0.1) is 0 Å². The van der Waals surface area contributed by atoms with Gasteiger partial charge in [0.25, 0.3) is 0 Å². The molecule has 1 amide bonds. The number of pyridine rings is 1. The number of amides is 1. The Hall–Kier alpha value is -1.47. The van der Waals surface area contributed by atoms with Crippen LogP contribution in [-0.2, 0) is 11.1 Å². The van der Waals surface area contributed by atoms with Crippen molar-refractivity contribution in [1.29, 1.82) is 0 Å². The van der Waals surface area contributed by atoms with E-state index in [1.54, 1.807) is 7.05 Å². The third kappa shape index (κ3) is 3.30. The number of hydrogen-bond acceptors (Lipinski definition) is 4. The first-order chi connectivity index (χ1) is 7.00. The lowest BCUT2D eigenvalue weighted by molar-refractivity contribution is 0.1000.